The van der Waals surface area contributed by atoms with Crippen LogP contribution < -0.4 is 10.6 Å². The Morgan fingerprint density at radius 2 is 1.77 bits per heavy atom. The number of amides is 2. The van der Waals surface area contributed by atoms with Crippen molar-refractivity contribution in [1.29, 1.82) is 0 Å². The van der Waals surface area contributed by atoms with Crippen LogP contribution in [0.1, 0.15) is 12.5 Å². The average Bonchev–Trinajstić information content (AvgIpc) is 2.85. The van der Waals surface area contributed by atoms with Crippen LogP contribution in [-0.2, 0) is 13.5 Å². The second-order valence-corrected chi connectivity index (χ2v) is 5.30. The summed E-state index contributed by atoms with van der Waals surface area (Å²) in [5.41, 5.74) is 3.93. The fourth-order valence-electron chi connectivity index (χ4n) is 2.55. The molecule has 0 saturated carbocycles. The van der Waals surface area contributed by atoms with E-state index in [1.54, 1.807) is 0 Å². The molecule has 2 aromatic carbocycles. The molecule has 2 N–H and O–H groups in total. The largest absolute Gasteiger partial charge is 0.348 e. The maximum atomic E-state index is 12.2. The van der Waals surface area contributed by atoms with Crippen molar-refractivity contribution in [2.75, 3.05) is 10.6 Å². The summed E-state index contributed by atoms with van der Waals surface area (Å²) < 4.78 is 2.00. The zero-order chi connectivity index (χ0) is 15.5. The van der Waals surface area contributed by atoms with Crippen molar-refractivity contribution in [3.8, 4) is 0 Å². The molecule has 22 heavy (non-hydrogen) atoms. The van der Waals surface area contributed by atoms with Gasteiger partial charge in [-0.25, -0.2) is 4.79 Å². The van der Waals surface area contributed by atoms with Crippen LogP contribution in [0.15, 0.2) is 54.7 Å². The topological polar surface area (TPSA) is 46.1 Å². The van der Waals surface area contributed by atoms with E-state index in [2.05, 4.69) is 17.6 Å². The number of carbonyl (C=O) groups excluding carboxylic acids is 1. The van der Waals surface area contributed by atoms with Crippen molar-refractivity contribution < 1.29 is 4.79 Å². The van der Waals surface area contributed by atoms with Crippen LogP contribution in [0.4, 0.5) is 16.2 Å². The Kier molecular flexibility index (Phi) is 3.83. The average molecular weight is 293 g/mol. The Morgan fingerprint density at radius 3 is 2.50 bits per heavy atom. The number of aryl methyl sites for hydroxylation is 2. The Labute approximate surface area is 129 Å². The Morgan fingerprint density at radius 1 is 1.05 bits per heavy atom. The van der Waals surface area contributed by atoms with Crippen LogP contribution in [-0.4, -0.2) is 10.6 Å². The number of nitrogens with zero attached hydrogens (tertiary/aromatic N) is 1. The van der Waals surface area contributed by atoms with E-state index in [9.17, 15) is 4.79 Å². The highest BCUT2D eigenvalue weighted by Crippen LogP contribution is 2.25. The van der Waals surface area contributed by atoms with Gasteiger partial charge in [0.15, 0.2) is 0 Å². The van der Waals surface area contributed by atoms with Crippen molar-refractivity contribution >= 4 is 28.3 Å². The van der Waals surface area contributed by atoms with E-state index in [0.717, 1.165) is 28.7 Å². The highest BCUT2D eigenvalue weighted by Gasteiger charge is 2.09. The van der Waals surface area contributed by atoms with Crippen molar-refractivity contribution in [2.24, 2.45) is 7.05 Å². The molecule has 0 aliphatic rings. The van der Waals surface area contributed by atoms with Gasteiger partial charge >= 0.3 is 6.03 Å². The molecule has 4 heteroatoms. The minimum absolute atomic E-state index is 0.236. The smallest absolute Gasteiger partial charge is 0.323 e. The highest BCUT2D eigenvalue weighted by atomic mass is 16.2. The third-order valence-electron chi connectivity index (χ3n) is 3.77. The summed E-state index contributed by atoms with van der Waals surface area (Å²) in [6, 6.07) is 15.6. The third-order valence-corrected chi connectivity index (χ3v) is 3.77. The van der Waals surface area contributed by atoms with Crippen LogP contribution in [0, 0.1) is 0 Å². The number of benzene rings is 2. The van der Waals surface area contributed by atoms with E-state index >= 15 is 0 Å². The van der Waals surface area contributed by atoms with Gasteiger partial charge in [0, 0.05) is 29.8 Å². The lowest BCUT2D eigenvalue weighted by Crippen LogP contribution is -2.19. The number of aromatic nitrogens is 1. The monoisotopic (exact) mass is 293 g/mol. The van der Waals surface area contributed by atoms with E-state index in [1.165, 1.54) is 5.56 Å². The summed E-state index contributed by atoms with van der Waals surface area (Å²) in [5, 5.41) is 6.80. The molecule has 0 aliphatic carbocycles. The summed E-state index contributed by atoms with van der Waals surface area (Å²) in [4.78, 5) is 12.2. The van der Waals surface area contributed by atoms with E-state index in [-0.39, 0.29) is 6.03 Å². The Balaban J connectivity index is 1.75. The molecule has 4 nitrogen and oxygen atoms in total. The predicted octanol–water partition coefficient (Wildman–Crippen LogP) is 4.38. The van der Waals surface area contributed by atoms with Gasteiger partial charge < -0.3 is 15.2 Å². The van der Waals surface area contributed by atoms with Crippen LogP contribution in [0.25, 0.3) is 10.9 Å². The molecule has 0 saturated heterocycles. The number of nitrogens with one attached hydrogen (secondary N) is 2. The van der Waals surface area contributed by atoms with E-state index in [4.69, 9.17) is 0 Å². The SMILES string of the molecule is CCc1ccc(NC(=O)Nc2cn(C)c3ccccc23)cc1. The summed E-state index contributed by atoms with van der Waals surface area (Å²) in [7, 11) is 1.97. The molecule has 0 radical (unpaired) electrons. The summed E-state index contributed by atoms with van der Waals surface area (Å²) in [6.45, 7) is 2.11. The second kappa shape index (κ2) is 5.93. The Hall–Kier alpha value is -2.75. The minimum Gasteiger partial charge on any atom is -0.348 e. The maximum absolute atomic E-state index is 12.2. The van der Waals surface area contributed by atoms with Crippen molar-refractivity contribution in [3.05, 3.63) is 60.3 Å². The number of rotatable bonds is 3. The zero-order valence-electron chi connectivity index (χ0n) is 12.8. The first-order valence-electron chi connectivity index (χ1n) is 7.38. The molecular weight excluding hydrogens is 274 g/mol. The van der Waals surface area contributed by atoms with Gasteiger partial charge in [0.05, 0.1) is 5.69 Å². The van der Waals surface area contributed by atoms with Gasteiger partial charge in [-0.2, -0.15) is 0 Å². The van der Waals surface area contributed by atoms with Gasteiger partial charge in [-0.15, -0.1) is 0 Å². The molecular formula is C18H19N3O. The van der Waals surface area contributed by atoms with E-state index in [1.807, 2.05) is 66.3 Å². The quantitative estimate of drug-likeness (QED) is 0.739. The molecule has 0 spiro atoms. The Bertz CT molecular complexity index is 803. The maximum Gasteiger partial charge on any atom is 0.323 e. The number of para-hydroxylation sites is 1. The zero-order valence-corrected chi connectivity index (χ0v) is 12.8. The van der Waals surface area contributed by atoms with Crippen LogP contribution >= 0.6 is 0 Å². The van der Waals surface area contributed by atoms with Gasteiger partial charge in [0.25, 0.3) is 0 Å². The molecule has 0 aliphatic heterocycles. The molecule has 112 valence electrons. The molecule has 0 atom stereocenters. The highest BCUT2D eigenvalue weighted by molar-refractivity contribution is 6.06. The van der Waals surface area contributed by atoms with Gasteiger partial charge in [-0.3, -0.25) is 0 Å². The van der Waals surface area contributed by atoms with E-state index < -0.39 is 0 Å². The first-order chi connectivity index (χ1) is 10.7. The first-order valence-corrected chi connectivity index (χ1v) is 7.38. The molecule has 1 heterocycles. The van der Waals surface area contributed by atoms with Gasteiger partial charge in [-0.05, 0) is 30.2 Å². The molecule has 1 aromatic heterocycles. The first kappa shape index (κ1) is 14.2. The molecule has 3 aromatic rings. The second-order valence-electron chi connectivity index (χ2n) is 5.30. The molecule has 0 fully saturated rings. The summed E-state index contributed by atoms with van der Waals surface area (Å²) in [6.07, 6.45) is 2.91. The fraction of sp³-hybridized carbons (Fsp3) is 0.167. The number of anilines is 2. The van der Waals surface area contributed by atoms with Gasteiger partial charge in [-0.1, -0.05) is 37.3 Å². The lowest BCUT2D eigenvalue weighted by atomic mass is 10.1. The van der Waals surface area contributed by atoms with Crippen molar-refractivity contribution in [2.45, 2.75) is 13.3 Å². The minimum atomic E-state index is -0.236. The van der Waals surface area contributed by atoms with Crippen molar-refractivity contribution in [1.82, 2.24) is 4.57 Å². The predicted molar refractivity (Wildman–Crippen MR) is 91.4 cm³/mol. The molecule has 0 bridgehead atoms. The van der Waals surface area contributed by atoms with Crippen molar-refractivity contribution in [3.63, 3.8) is 0 Å². The van der Waals surface area contributed by atoms with Gasteiger partial charge in [0.2, 0.25) is 0 Å². The normalized spacial score (nSPS) is 10.6. The summed E-state index contributed by atoms with van der Waals surface area (Å²) in [5.74, 6) is 0. The number of hydrogen-bond donors (Lipinski definition) is 2. The van der Waals surface area contributed by atoms with Crippen LogP contribution in [0.5, 0.6) is 0 Å². The standard InChI is InChI=1S/C18H19N3O/c1-3-13-8-10-14(11-9-13)19-18(22)20-16-12-21(2)17-7-5-4-6-15(16)17/h4-12H,3H2,1-2H3,(H2,19,20,22). The number of hydrogen-bond acceptors (Lipinski definition) is 1. The van der Waals surface area contributed by atoms with Crippen LogP contribution in [0.3, 0.4) is 0 Å². The molecule has 0 unspecified atom stereocenters. The number of carbonyl (C=O) groups is 1. The third kappa shape index (κ3) is 2.81. The van der Waals surface area contributed by atoms with Crippen LogP contribution in [0.2, 0.25) is 0 Å². The van der Waals surface area contributed by atoms with E-state index in [0.29, 0.717) is 0 Å². The fourth-order valence-corrected chi connectivity index (χ4v) is 2.55. The lowest BCUT2D eigenvalue weighted by molar-refractivity contribution is 0.262. The molecule has 2 amide bonds. The number of fused-ring (bicyclic) bond motifs is 1. The molecule has 3 rings (SSSR count). The summed E-state index contributed by atoms with van der Waals surface area (Å²) >= 11 is 0. The lowest BCUT2D eigenvalue weighted by Gasteiger charge is -2.07. The number of urea groups is 1. The van der Waals surface area contributed by atoms with Gasteiger partial charge in [0.1, 0.15) is 0 Å².